The fraction of sp³-hybridized carbons (Fsp3) is 0.438. The van der Waals surface area contributed by atoms with Crippen LogP contribution in [0.1, 0.15) is 16.8 Å². The van der Waals surface area contributed by atoms with Gasteiger partial charge in [0.15, 0.2) is 0 Å². The molecule has 0 bridgehead atoms. The van der Waals surface area contributed by atoms with Gasteiger partial charge in [0, 0.05) is 32.3 Å². The summed E-state index contributed by atoms with van der Waals surface area (Å²) in [5, 5.41) is 9.08. The lowest BCUT2D eigenvalue weighted by atomic mass is 10.0. The summed E-state index contributed by atoms with van der Waals surface area (Å²) in [7, 11) is 1.54. The molecule has 23 heavy (non-hydrogen) atoms. The van der Waals surface area contributed by atoms with Gasteiger partial charge in [-0.1, -0.05) is 18.2 Å². The highest BCUT2D eigenvalue weighted by atomic mass is 16.5. The second-order valence-corrected chi connectivity index (χ2v) is 5.30. The average Bonchev–Trinajstić information content (AvgIpc) is 2.55. The highest BCUT2D eigenvalue weighted by Gasteiger charge is 2.38. The standard InChI is InChI=1S/C16H20N2O5/c1-23-10-9-17-7-8-18(13(16(17)22)11-14(19)20)15(21)12-5-3-2-4-6-12/h2-6,13H,7-11H2,1H3,(H,19,20). The zero-order valence-electron chi connectivity index (χ0n) is 13.0. The maximum Gasteiger partial charge on any atom is 0.305 e. The molecule has 7 heteroatoms. The molecule has 0 saturated carbocycles. The van der Waals surface area contributed by atoms with E-state index in [2.05, 4.69) is 0 Å². The van der Waals surface area contributed by atoms with Gasteiger partial charge < -0.3 is 19.6 Å². The molecule has 1 saturated heterocycles. The van der Waals surface area contributed by atoms with Gasteiger partial charge in [-0.3, -0.25) is 14.4 Å². The van der Waals surface area contributed by atoms with E-state index in [1.165, 1.54) is 12.0 Å². The molecule has 1 heterocycles. The molecule has 1 aromatic carbocycles. The number of carbonyl (C=O) groups excluding carboxylic acids is 2. The van der Waals surface area contributed by atoms with Gasteiger partial charge in [0.2, 0.25) is 5.91 Å². The summed E-state index contributed by atoms with van der Waals surface area (Å²) >= 11 is 0. The number of methoxy groups -OCH3 is 1. The van der Waals surface area contributed by atoms with Crippen LogP contribution in [0.25, 0.3) is 0 Å². The number of hydrogen-bond acceptors (Lipinski definition) is 4. The molecule has 124 valence electrons. The Labute approximate surface area is 134 Å². The molecule has 1 atom stereocenters. The Hall–Kier alpha value is -2.41. The van der Waals surface area contributed by atoms with Crippen molar-refractivity contribution in [1.82, 2.24) is 9.80 Å². The van der Waals surface area contributed by atoms with E-state index in [1.54, 1.807) is 35.2 Å². The number of carboxylic acid groups (broad SMARTS) is 1. The van der Waals surface area contributed by atoms with Gasteiger partial charge in [0.25, 0.3) is 5.91 Å². The van der Waals surface area contributed by atoms with Crippen molar-refractivity contribution < 1.29 is 24.2 Å². The van der Waals surface area contributed by atoms with Crippen LogP contribution >= 0.6 is 0 Å². The van der Waals surface area contributed by atoms with Crippen LogP contribution in [0.15, 0.2) is 30.3 Å². The Morgan fingerprint density at radius 3 is 2.57 bits per heavy atom. The lowest BCUT2D eigenvalue weighted by Crippen LogP contribution is -2.59. The Kier molecular flexibility index (Phi) is 5.70. The van der Waals surface area contributed by atoms with Crippen LogP contribution in [0.4, 0.5) is 0 Å². The minimum atomic E-state index is -1.11. The largest absolute Gasteiger partial charge is 0.481 e. The molecule has 0 radical (unpaired) electrons. The van der Waals surface area contributed by atoms with Gasteiger partial charge in [0.05, 0.1) is 13.0 Å². The van der Waals surface area contributed by atoms with Crippen LogP contribution in [-0.2, 0) is 14.3 Å². The predicted octanol–water partition coefficient (Wildman–Crippen LogP) is 0.461. The first kappa shape index (κ1) is 17.0. The van der Waals surface area contributed by atoms with E-state index in [0.717, 1.165) is 0 Å². The zero-order chi connectivity index (χ0) is 16.8. The molecule has 0 aliphatic carbocycles. The number of piperazine rings is 1. The Bertz CT molecular complexity index is 575. The van der Waals surface area contributed by atoms with Crippen molar-refractivity contribution in [3.8, 4) is 0 Å². The second-order valence-electron chi connectivity index (χ2n) is 5.30. The van der Waals surface area contributed by atoms with Crippen molar-refractivity contribution in [2.75, 3.05) is 33.4 Å². The molecular weight excluding hydrogens is 300 g/mol. The van der Waals surface area contributed by atoms with E-state index >= 15 is 0 Å². The van der Waals surface area contributed by atoms with Crippen LogP contribution in [0, 0.1) is 0 Å². The third-order valence-corrected chi connectivity index (χ3v) is 3.80. The number of ether oxygens (including phenoxy) is 1. The number of hydrogen-bond donors (Lipinski definition) is 1. The van der Waals surface area contributed by atoms with Crippen LogP contribution in [0.2, 0.25) is 0 Å². The summed E-state index contributed by atoms with van der Waals surface area (Å²) in [5.41, 5.74) is 0.445. The molecule has 1 fully saturated rings. The first-order chi connectivity index (χ1) is 11.0. The number of benzene rings is 1. The molecule has 1 aliphatic rings. The Morgan fingerprint density at radius 2 is 1.96 bits per heavy atom. The fourth-order valence-corrected chi connectivity index (χ4v) is 2.61. The maximum atomic E-state index is 12.6. The number of amides is 2. The third kappa shape index (κ3) is 4.07. The minimum absolute atomic E-state index is 0.307. The van der Waals surface area contributed by atoms with E-state index in [0.29, 0.717) is 31.8 Å². The molecule has 1 aliphatic heterocycles. The lowest BCUT2D eigenvalue weighted by Gasteiger charge is -2.40. The first-order valence-electron chi connectivity index (χ1n) is 7.40. The fourth-order valence-electron chi connectivity index (χ4n) is 2.61. The summed E-state index contributed by atoms with van der Waals surface area (Å²) in [4.78, 5) is 39.1. The zero-order valence-corrected chi connectivity index (χ0v) is 13.0. The third-order valence-electron chi connectivity index (χ3n) is 3.80. The quantitative estimate of drug-likeness (QED) is 0.823. The molecular formula is C16H20N2O5. The van der Waals surface area contributed by atoms with Crippen molar-refractivity contribution in [3.05, 3.63) is 35.9 Å². The lowest BCUT2D eigenvalue weighted by molar-refractivity contribution is -0.148. The van der Waals surface area contributed by atoms with E-state index < -0.39 is 18.4 Å². The average molecular weight is 320 g/mol. The number of aliphatic carboxylic acids is 1. The van der Waals surface area contributed by atoms with Crippen LogP contribution in [-0.4, -0.2) is 72.1 Å². The SMILES string of the molecule is COCCN1CCN(C(=O)c2ccccc2)C(CC(=O)O)C1=O. The van der Waals surface area contributed by atoms with E-state index in [4.69, 9.17) is 9.84 Å². The number of carboxylic acids is 1. The number of nitrogens with zero attached hydrogens (tertiary/aromatic N) is 2. The van der Waals surface area contributed by atoms with E-state index in [9.17, 15) is 14.4 Å². The smallest absolute Gasteiger partial charge is 0.305 e. The summed E-state index contributed by atoms with van der Waals surface area (Å²) in [6, 6.07) is 7.58. The van der Waals surface area contributed by atoms with Gasteiger partial charge in [-0.2, -0.15) is 0 Å². The van der Waals surface area contributed by atoms with Gasteiger partial charge in [0.1, 0.15) is 6.04 Å². The topological polar surface area (TPSA) is 87.2 Å². The second kappa shape index (κ2) is 7.73. The van der Waals surface area contributed by atoms with Gasteiger partial charge in [-0.05, 0) is 12.1 Å². The van der Waals surface area contributed by atoms with E-state index in [-0.39, 0.29) is 11.8 Å². The molecule has 0 aromatic heterocycles. The van der Waals surface area contributed by atoms with Crippen molar-refractivity contribution in [2.45, 2.75) is 12.5 Å². The molecule has 2 rings (SSSR count). The molecule has 1 unspecified atom stereocenters. The molecule has 2 amide bonds. The summed E-state index contributed by atoms with van der Waals surface area (Å²) in [6.45, 7) is 1.44. The van der Waals surface area contributed by atoms with Crippen molar-refractivity contribution >= 4 is 17.8 Å². The van der Waals surface area contributed by atoms with E-state index in [1.807, 2.05) is 0 Å². The van der Waals surface area contributed by atoms with Crippen molar-refractivity contribution in [3.63, 3.8) is 0 Å². The highest BCUT2D eigenvalue weighted by molar-refractivity contribution is 5.99. The predicted molar refractivity (Wildman–Crippen MR) is 82.0 cm³/mol. The molecule has 1 aromatic rings. The van der Waals surface area contributed by atoms with Crippen LogP contribution in [0.5, 0.6) is 0 Å². The molecule has 7 nitrogen and oxygen atoms in total. The number of carbonyl (C=O) groups is 3. The Morgan fingerprint density at radius 1 is 1.26 bits per heavy atom. The minimum Gasteiger partial charge on any atom is -0.481 e. The first-order valence-corrected chi connectivity index (χ1v) is 7.40. The van der Waals surface area contributed by atoms with Gasteiger partial charge in [-0.25, -0.2) is 0 Å². The monoisotopic (exact) mass is 320 g/mol. The number of rotatable bonds is 6. The van der Waals surface area contributed by atoms with Crippen molar-refractivity contribution in [2.24, 2.45) is 0 Å². The maximum absolute atomic E-state index is 12.6. The molecule has 0 spiro atoms. The highest BCUT2D eigenvalue weighted by Crippen LogP contribution is 2.18. The van der Waals surface area contributed by atoms with Crippen LogP contribution < -0.4 is 0 Å². The van der Waals surface area contributed by atoms with Gasteiger partial charge in [-0.15, -0.1) is 0 Å². The van der Waals surface area contributed by atoms with Crippen LogP contribution in [0.3, 0.4) is 0 Å². The summed E-state index contributed by atoms with van der Waals surface area (Å²) in [5.74, 6) is -1.78. The molecule has 1 N–H and O–H groups in total. The Balaban J connectivity index is 2.19. The van der Waals surface area contributed by atoms with Crippen molar-refractivity contribution in [1.29, 1.82) is 0 Å². The normalized spacial score (nSPS) is 18.1. The van der Waals surface area contributed by atoms with Gasteiger partial charge >= 0.3 is 5.97 Å². The summed E-state index contributed by atoms with van der Waals surface area (Å²) < 4.78 is 4.96. The summed E-state index contributed by atoms with van der Waals surface area (Å²) in [6.07, 6.45) is -0.402.